The van der Waals surface area contributed by atoms with Gasteiger partial charge in [0.15, 0.2) is 0 Å². The molecule has 0 amide bonds. The second kappa shape index (κ2) is 5.68. The molecule has 0 bridgehead atoms. The topological polar surface area (TPSA) is 68.0 Å². The molecule has 3 unspecified atom stereocenters. The largest absolute Gasteiger partial charge is 0.481 e. The van der Waals surface area contributed by atoms with E-state index in [4.69, 9.17) is 0 Å². The second-order valence-electron chi connectivity index (χ2n) is 5.88. The number of para-hydroxylation sites is 1. The van der Waals surface area contributed by atoms with Crippen molar-refractivity contribution < 1.29 is 9.90 Å². The van der Waals surface area contributed by atoms with E-state index in [0.29, 0.717) is 5.92 Å². The van der Waals surface area contributed by atoms with Gasteiger partial charge in [0.25, 0.3) is 0 Å². The third-order valence-corrected chi connectivity index (χ3v) is 4.39. The van der Waals surface area contributed by atoms with Gasteiger partial charge in [-0.25, -0.2) is 4.68 Å². The summed E-state index contributed by atoms with van der Waals surface area (Å²) in [6, 6.07) is 9.75. The maximum absolute atomic E-state index is 11.6. The van der Waals surface area contributed by atoms with E-state index < -0.39 is 5.97 Å². The Morgan fingerprint density at radius 1 is 1.29 bits per heavy atom. The predicted molar refractivity (Wildman–Crippen MR) is 78.2 cm³/mol. The zero-order valence-corrected chi connectivity index (χ0v) is 12.0. The fourth-order valence-electron chi connectivity index (χ4n) is 3.27. The van der Waals surface area contributed by atoms with Crippen molar-refractivity contribution >= 4 is 5.97 Å². The van der Waals surface area contributed by atoms with Crippen LogP contribution in [0.5, 0.6) is 0 Å². The lowest BCUT2D eigenvalue weighted by atomic mass is 9.73. The van der Waals surface area contributed by atoms with Crippen LogP contribution in [0, 0.1) is 11.8 Å². The summed E-state index contributed by atoms with van der Waals surface area (Å²) in [5.74, 6) is -0.555. The number of benzene rings is 1. The highest BCUT2D eigenvalue weighted by Gasteiger charge is 2.36. The molecular weight excluding hydrogens is 266 g/mol. The van der Waals surface area contributed by atoms with E-state index >= 15 is 0 Å². The molecular formula is C16H19N3O2. The molecule has 0 aliphatic heterocycles. The Morgan fingerprint density at radius 2 is 2.05 bits per heavy atom. The van der Waals surface area contributed by atoms with E-state index in [2.05, 4.69) is 17.2 Å². The van der Waals surface area contributed by atoms with Gasteiger partial charge in [-0.2, -0.15) is 0 Å². The Kier molecular flexibility index (Phi) is 3.73. The molecule has 1 N–H and O–H groups in total. The molecule has 1 fully saturated rings. The van der Waals surface area contributed by atoms with Crippen LogP contribution >= 0.6 is 0 Å². The summed E-state index contributed by atoms with van der Waals surface area (Å²) >= 11 is 0. The average Bonchev–Trinajstić information content (AvgIpc) is 2.97. The van der Waals surface area contributed by atoms with Crippen molar-refractivity contribution in [2.24, 2.45) is 11.8 Å². The van der Waals surface area contributed by atoms with Crippen LogP contribution in [-0.2, 0) is 4.79 Å². The molecule has 0 saturated heterocycles. The lowest BCUT2D eigenvalue weighted by Crippen LogP contribution is -2.29. The third-order valence-electron chi connectivity index (χ3n) is 4.39. The maximum atomic E-state index is 11.6. The SMILES string of the molecule is CC1CCC(C(=O)O)C(c2cnnn2-c2ccccc2)C1. The highest BCUT2D eigenvalue weighted by Crippen LogP contribution is 2.40. The number of carboxylic acids is 1. The van der Waals surface area contributed by atoms with Crippen molar-refractivity contribution in [1.82, 2.24) is 15.0 Å². The molecule has 21 heavy (non-hydrogen) atoms. The molecule has 0 spiro atoms. The Labute approximate surface area is 123 Å². The molecule has 1 aliphatic rings. The first-order chi connectivity index (χ1) is 10.2. The van der Waals surface area contributed by atoms with E-state index in [0.717, 1.165) is 30.6 Å². The van der Waals surface area contributed by atoms with Crippen LogP contribution in [0.25, 0.3) is 5.69 Å². The van der Waals surface area contributed by atoms with E-state index in [1.807, 2.05) is 30.3 Å². The third kappa shape index (κ3) is 2.68. The Hall–Kier alpha value is -2.17. The molecule has 0 radical (unpaired) electrons. The van der Waals surface area contributed by atoms with Gasteiger partial charge in [-0.05, 0) is 37.3 Å². The number of hydrogen-bond acceptors (Lipinski definition) is 3. The molecule has 3 atom stereocenters. The predicted octanol–water partition coefficient (Wildman–Crippen LogP) is 2.87. The smallest absolute Gasteiger partial charge is 0.307 e. The lowest BCUT2D eigenvalue weighted by Gasteiger charge is -2.32. The number of carboxylic acid groups (broad SMARTS) is 1. The summed E-state index contributed by atoms with van der Waals surface area (Å²) in [5, 5.41) is 17.7. The number of rotatable bonds is 3. The monoisotopic (exact) mass is 285 g/mol. The van der Waals surface area contributed by atoms with Crippen LogP contribution in [0.2, 0.25) is 0 Å². The van der Waals surface area contributed by atoms with Crippen molar-refractivity contribution in [3.63, 3.8) is 0 Å². The molecule has 5 heteroatoms. The van der Waals surface area contributed by atoms with Gasteiger partial charge in [0.05, 0.1) is 23.5 Å². The molecule has 2 aromatic rings. The summed E-state index contributed by atoms with van der Waals surface area (Å²) in [6.45, 7) is 2.18. The van der Waals surface area contributed by atoms with Crippen LogP contribution in [-0.4, -0.2) is 26.1 Å². The lowest BCUT2D eigenvalue weighted by molar-refractivity contribution is -0.143. The highest BCUT2D eigenvalue weighted by molar-refractivity contribution is 5.71. The average molecular weight is 285 g/mol. The summed E-state index contributed by atoms with van der Waals surface area (Å²) in [4.78, 5) is 11.6. The fraction of sp³-hybridized carbons (Fsp3) is 0.438. The molecule has 5 nitrogen and oxygen atoms in total. The molecule has 1 aromatic heterocycles. The van der Waals surface area contributed by atoms with Gasteiger partial charge in [-0.1, -0.05) is 30.3 Å². The minimum atomic E-state index is -0.715. The van der Waals surface area contributed by atoms with E-state index in [1.54, 1.807) is 10.9 Å². The molecule has 110 valence electrons. The standard InChI is InChI=1S/C16H19N3O2/c1-11-7-8-13(16(20)21)14(9-11)15-10-17-18-19(15)12-5-3-2-4-6-12/h2-6,10-11,13-14H,7-9H2,1H3,(H,20,21). The second-order valence-corrected chi connectivity index (χ2v) is 5.88. The number of carbonyl (C=O) groups is 1. The number of hydrogen-bond donors (Lipinski definition) is 1. The Balaban J connectivity index is 1.99. The van der Waals surface area contributed by atoms with E-state index in [1.165, 1.54) is 0 Å². The summed E-state index contributed by atoms with van der Waals surface area (Å²) in [7, 11) is 0. The van der Waals surface area contributed by atoms with Crippen molar-refractivity contribution in [2.75, 3.05) is 0 Å². The molecule has 1 aliphatic carbocycles. The van der Waals surface area contributed by atoms with Crippen LogP contribution in [0.3, 0.4) is 0 Å². The number of aliphatic carboxylic acids is 1. The van der Waals surface area contributed by atoms with Crippen molar-refractivity contribution in [3.05, 3.63) is 42.2 Å². The minimum Gasteiger partial charge on any atom is -0.481 e. The van der Waals surface area contributed by atoms with Gasteiger partial charge in [0.1, 0.15) is 0 Å². The highest BCUT2D eigenvalue weighted by atomic mass is 16.4. The van der Waals surface area contributed by atoms with Gasteiger partial charge in [0, 0.05) is 5.92 Å². The molecule has 1 saturated carbocycles. The zero-order valence-electron chi connectivity index (χ0n) is 12.0. The van der Waals surface area contributed by atoms with Crippen LogP contribution in [0.1, 0.15) is 37.8 Å². The van der Waals surface area contributed by atoms with Gasteiger partial charge >= 0.3 is 5.97 Å². The fourth-order valence-corrected chi connectivity index (χ4v) is 3.27. The van der Waals surface area contributed by atoms with Crippen LogP contribution in [0.15, 0.2) is 36.5 Å². The summed E-state index contributed by atoms with van der Waals surface area (Å²) < 4.78 is 1.78. The number of nitrogens with zero attached hydrogens (tertiary/aromatic N) is 3. The normalized spacial score (nSPS) is 25.7. The van der Waals surface area contributed by atoms with E-state index in [-0.39, 0.29) is 11.8 Å². The Bertz CT molecular complexity index is 623. The minimum absolute atomic E-state index is 0.0264. The van der Waals surface area contributed by atoms with Gasteiger partial charge in [-0.3, -0.25) is 4.79 Å². The maximum Gasteiger partial charge on any atom is 0.307 e. The van der Waals surface area contributed by atoms with Crippen molar-refractivity contribution in [2.45, 2.75) is 32.1 Å². The van der Waals surface area contributed by atoms with Gasteiger partial charge in [-0.15, -0.1) is 5.10 Å². The first-order valence-electron chi connectivity index (χ1n) is 7.35. The zero-order chi connectivity index (χ0) is 14.8. The van der Waals surface area contributed by atoms with Crippen LogP contribution in [0.4, 0.5) is 0 Å². The van der Waals surface area contributed by atoms with Gasteiger partial charge in [0.2, 0.25) is 0 Å². The van der Waals surface area contributed by atoms with Crippen molar-refractivity contribution in [1.29, 1.82) is 0 Å². The Morgan fingerprint density at radius 3 is 2.76 bits per heavy atom. The van der Waals surface area contributed by atoms with Crippen molar-refractivity contribution in [3.8, 4) is 5.69 Å². The number of aromatic nitrogens is 3. The molecule has 3 rings (SSSR count). The summed E-state index contributed by atoms with van der Waals surface area (Å²) in [6.07, 6.45) is 4.28. The molecule has 1 aromatic carbocycles. The first kappa shape index (κ1) is 13.8. The van der Waals surface area contributed by atoms with Crippen LogP contribution < -0.4 is 0 Å². The van der Waals surface area contributed by atoms with Gasteiger partial charge < -0.3 is 5.11 Å². The van der Waals surface area contributed by atoms with E-state index in [9.17, 15) is 9.90 Å². The first-order valence-corrected chi connectivity index (χ1v) is 7.35. The molecule has 1 heterocycles. The quantitative estimate of drug-likeness (QED) is 0.941. The summed E-state index contributed by atoms with van der Waals surface area (Å²) in [5.41, 5.74) is 1.83.